The van der Waals surface area contributed by atoms with Gasteiger partial charge in [-0.25, -0.2) is 4.79 Å². The van der Waals surface area contributed by atoms with Crippen LogP contribution in [0.2, 0.25) is 0 Å². The van der Waals surface area contributed by atoms with Gasteiger partial charge in [0.25, 0.3) is 0 Å². The number of nitrogens with one attached hydrogen (secondary N) is 3. The van der Waals surface area contributed by atoms with Gasteiger partial charge in [-0.1, -0.05) is 62.4 Å². The highest BCUT2D eigenvalue weighted by atomic mass is 16.6. The number of rotatable bonds is 15. The van der Waals surface area contributed by atoms with E-state index >= 15 is 0 Å². The summed E-state index contributed by atoms with van der Waals surface area (Å²) in [6.45, 7) is 5.61. The summed E-state index contributed by atoms with van der Waals surface area (Å²) in [5.41, 5.74) is 0.428. The molecule has 1 fully saturated rings. The van der Waals surface area contributed by atoms with Crippen molar-refractivity contribution in [2.24, 2.45) is 5.92 Å². The van der Waals surface area contributed by atoms with Crippen LogP contribution < -0.4 is 16.0 Å². The lowest BCUT2D eigenvalue weighted by Gasteiger charge is -2.31. The molecule has 10 heteroatoms. The Labute approximate surface area is 237 Å². The van der Waals surface area contributed by atoms with E-state index in [4.69, 9.17) is 9.84 Å². The zero-order chi connectivity index (χ0) is 29.5. The van der Waals surface area contributed by atoms with Gasteiger partial charge >= 0.3 is 12.1 Å². The number of aliphatic carboxylic acids is 1. The van der Waals surface area contributed by atoms with E-state index in [2.05, 4.69) is 16.0 Å². The van der Waals surface area contributed by atoms with Crippen molar-refractivity contribution in [1.29, 1.82) is 0 Å². The Kier molecular flexibility index (Phi) is 13.9. The minimum absolute atomic E-state index is 0.0800. The number of ether oxygens (including phenoxy) is 1. The first-order valence-electron chi connectivity index (χ1n) is 14.4. The van der Waals surface area contributed by atoms with E-state index in [1.807, 2.05) is 30.3 Å². The first kappa shape index (κ1) is 33.1. The summed E-state index contributed by atoms with van der Waals surface area (Å²) >= 11 is 0. The van der Waals surface area contributed by atoms with Gasteiger partial charge in [0.15, 0.2) is 0 Å². The number of hydrogen-bond acceptors (Lipinski definition) is 6. The fourth-order valence-corrected chi connectivity index (χ4v) is 4.95. The minimum Gasteiger partial charge on any atom is -0.481 e. The van der Waals surface area contributed by atoms with E-state index in [9.17, 15) is 24.3 Å². The molecule has 0 aliphatic heterocycles. The van der Waals surface area contributed by atoms with Crippen LogP contribution in [0.1, 0.15) is 90.5 Å². The third kappa shape index (κ3) is 13.8. The predicted molar refractivity (Wildman–Crippen MR) is 152 cm³/mol. The Hall–Kier alpha value is -3.14. The number of amides is 3. The number of aryl methyl sites for hydroxylation is 1. The van der Waals surface area contributed by atoms with Gasteiger partial charge in [0.2, 0.25) is 11.8 Å². The molecule has 3 amide bonds. The van der Waals surface area contributed by atoms with Crippen LogP contribution in [0.3, 0.4) is 0 Å². The van der Waals surface area contributed by atoms with Crippen molar-refractivity contribution >= 4 is 23.9 Å². The van der Waals surface area contributed by atoms with E-state index in [0.717, 1.165) is 44.1 Å². The van der Waals surface area contributed by atoms with Gasteiger partial charge in [0.05, 0.1) is 18.6 Å². The van der Waals surface area contributed by atoms with Crippen LogP contribution >= 0.6 is 0 Å². The standard InChI is InChI=1S/C30H47N3O7/c1-30(2,3)40-29(39)33-24(19-22-13-8-5-9-14-22)25(34)20-26(35)32-23(16-17-27(36)37)28(38)31-18-10-15-21-11-6-4-7-12-21/h4,6-7,11-12,22-25,34H,5,8-10,13-20H2,1-3H3,(H,31,38)(H,32,35)(H,33,39)(H,36,37)/t23-,24?,25?/m0/s1. The largest absolute Gasteiger partial charge is 0.481 e. The number of aliphatic hydroxyl groups excluding tert-OH is 1. The molecular weight excluding hydrogens is 514 g/mol. The van der Waals surface area contributed by atoms with Crippen molar-refractivity contribution in [1.82, 2.24) is 16.0 Å². The summed E-state index contributed by atoms with van der Waals surface area (Å²) in [5.74, 6) is -1.83. The van der Waals surface area contributed by atoms with Gasteiger partial charge in [-0.2, -0.15) is 0 Å². The van der Waals surface area contributed by atoms with E-state index in [1.165, 1.54) is 0 Å². The molecule has 1 saturated carbocycles. The number of carboxylic acids is 1. The normalized spacial score (nSPS) is 16.3. The lowest BCUT2D eigenvalue weighted by atomic mass is 9.83. The second-order valence-corrected chi connectivity index (χ2v) is 11.7. The van der Waals surface area contributed by atoms with Gasteiger partial charge in [0, 0.05) is 13.0 Å². The highest BCUT2D eigenvalue weighted by molar-refractivity contribution is 5.88. The molecule has 1 aromatic rings. The molecule has 5 N–H and O–H groups in total. The Morgan fingerprint density at radius 2 is 1.70 bits per heavy atom. The van der Waals surface area contributed by atoms with Crippen molar-refractivity contribution in [3.8, 4) is 0 Å². The Bertz CT molecular complexity index is 942. The molecule has 224 valence electrons. The van der Waals surface area contributed by atoms with Crippen LogP contribution in [0.15, 0.2) is 30.3 Å². The van der Waals surface area contributed by atoms with Crippen LogP contribution in [0.4, 0.5) is 4.79 Å². The van der Waals surface area contributed by atoms with Crippen molar-refractivity contribution < 1.29 is 34.1 Å². The first-order chi connectivity index (χ1) is 18.9. The average molecular weight is 562 g/mol. The van der Waals surface area contributed by atoms with Crippen LogP contribution in [0.5, 0.6) is 0 Å². The first-order valence-corrected chi connectivity index (χ1v) is 14.4. The molecule has 0 heterocycles. The van der Waals surface area contributed by atoms with Crippen LogP contribution in [-0.2, 0) is 25.5 Å². The number of benzene rings is 1. The molecule has 40 heavy (non-hydrogen) atoms. The van der Waals surface area contributed by atoms with Gasteiger partial charge in [-0.05, 0) is 57.9 Å². The fourth-order valence-electron chi connectivity index (χ4n) is 4.95. The molecule has 0 spiro atoms. The monoisotopic (exact) mass is 561 g/mol. The smallest absolute Gasteiger partial charge is 0.407 e. The van der Waals surface area contributed by atoms with E-state index < -0.39 is 47.7 Å². The number of aliphatic hydroxyl groups is 1. The molecule has 1 aliphatic carbocycles. The second-order valence-electron chi connectivity index (χ2n) is 11.7. The summed E-state index contributed by atoms with van der Waals surface area (Å²) in [6, 6.07) is 8.08. The number of alkyl carbamates (subject to hydrolysis) is 1. The lowest BCUT2D eigenvalue weighted by Crippen LogP contribution is -2.50. The average Bonchev–Trinajstić information content (AvgIpc) is 2.88. The van der Waals surface area contributed by atoms with Crippen LogP contribution in [-0.4, -0.2) is 64.4 Å². The molecule has 1 aromatic carbocycles. The predicted octanol–water partition coefficient (Wildman–Crippen LogP) is 3.70. The Balaban J connectivity index is 1.96. The van der Waals surface area contributed by atoms with Crippen molar-refractivity contribution in [3.63, 3.8) is 0 Å². The van der Waals surface area contributed by atoms with Gasteiger partial charge < -0.3 is 30.9 Å². The van der Waals surface area contributed by atoms with Gasteiger partial charge in [0.1, 0.15) is 11.6 Å². The molecule has 0 saturated heterocycles. The zero-order valence-electron chi connectivity index (χ0n) is 24.1. The number of carboxylic acid groups (broad SMARTS) is 1. The number of carbonyl (C=O) groups excluding carboxylic acids is 3. The fraction of sp³-hybridized carbons (Fsp3) is 0.667. The third-order valence-corrected chi connectivity index (χ3v) is 6.96. The SMILES string of the molecule is CC(C)(C)OC(=O)NC(CC1CCCCC1)C(O)CC(=O)N[C@@H](CCC(=O)O)C(=O)NCCCc1ccccc1. The summed E-state index contributed by atoms with van der Waals surface area (Å²) in [5, 5.41) is 28.2. The minimum atomic E-state index is -1.21. The topological polar surface area (TPSA) is 154 Å². The highest BCUT2D eigenvalue weighted by Gasteiger charge is 2.30. The van der Waals surface area contributed by atoms with Crippen molar-refractivity contribution in [2.75, 3.05) is 6.54 Å². The van der Waals surface area contributed by atoms with E-state index in [-0.39, 0.29) is 19.3 Å². The maximum Gasteiger partial charge on any atom is 0.407 e. The van der Waals surface area contributed by atoms with Crippen LogP contribution in [0, 0.1) is 5.92 Å². The zero-order valence-corrected chi connectivity index (χ0v) is 24.1. The summed E-state index contributed by atoms with van der Waals surface area (Å²) in [4.78, 5) is 49.3. The summed E-state index contributed by atoms with van der Waals surface area (Å²) < 4.78 is 5.37. The Morgan fingerprint density at radius 3 is 2.33 bits per heavy atom. The molecular formula is C30H47N3O7. The molecule has 0 radical (unpaired) electrons. The molecule has 2 rings (SSSR count). The van der Waals surface area contributed by atoms with E-state index in [1.54, 1.807) is 20.8 Å². The maximum atomic E-state index is 12.9. The summed E-state index contributed by atoms with van der Waals surface area (Å²) in [6.07, 6.45) is 4.70. The quantitative estimate of drug-likeness (QED) is 0.205. The molecule has 3 atom stereocenters. The number of hydrogen-bond donors (Lipinski definition) is 5. The van der Waals surface area contributed by atoms with Crippen molar-refractivity contribution in [2.45, 2.75) is 115 Å². The van der Waals surface area contributed by atoms with Gasteiger partial charge in [-0.15, -0.1) is 0 Å². The summed E-state index contributed by atoms with van der Waals surface area (Å²) in [7, 11) is 0. The maximum absolute atomic E-state index is 12.9. The highest BCUT2D eigenvalue weighted by Crippen LogP contribution is 2.28. The number of carbonyl (C=O) groups is 4. The Morgan fingerprint density at radius 1 is 1.02 bits per heavy atom. The molecule has 10 nitrogen and oxygen atoms in total. The molecule has 1 aliphatic rings. The molecule has 0 bridgehead atoms. The van der Waals surface area contributed by atoms with E-state index in [0.29, 0.717) is 25.3 Å². The van der Waals surface area contributed by atoms with Gasteiger partial charge in [-0.3, -0.25) is 14.4 Å². The second kappa shape index (κ2) is 16.8. The third-order valence-electron chi connectivity index (χ3n) is 6.96. The van der Waals surface area contributed by atoms with Crippen molar-refractivity contribution in [3.05, 3.63) is 35.9 Å². The van der Waals surface area contributed by atoms with Crippen LogP contribution in [0.25, 0.3) is 0 Å². The molecule has 2 unspecified atom stereocenters. The molecule has 0 aromatic heterocycles. The lowest BCUT2D eigenvalue weighted by molar-refractivity contribution is -0.138.